The van der Waals surface area contributed by atoms with E-state index in [-0.39, 0.29) is 0 Å². The third kappa shape index (κ3) is 4.24. The molecule has 2 saturated carbocycles. The molecule has 5 nitrogen and oxygen atoms in total. The number of fused-ring (bicyclic) bond motifs is 2. The van der Waals surface area contributed by atoms with Crippen LogP contribution in [0.4, 0.5) is 0 Å². The molecule has 3 unspecified atom stereocenters. The molecule has 1 aliphatic heterocycles. The molecular formula is C21H35N5. The molecular weight excluding hydrogens is 322 g/mol. The zero-order valence-corrected chi connectivity index (χ0v) is 16.3. The Morgan fingerprint density at radius 2 is 2.04 bits per heavy atom. The van der Waals surface area contributed by atoms with Crippen molar-refractivity contribution in [1.82, 2.24) is 20.2 Å². The first-order chi connectivity index (χ1) is 12.8. The molecule has 0 spiro atoms. The second kappa shape index (κ2) is 8.45. The summed E-state index contributed by atoms with van der Waals surface area (Å²) >= 11 is 0. The van der Waals surface area contributed by atoms with Gasteiger partial charge in [-0.05, 0) is 43.9 Å². The van der Waals surface area contributed by atoms with Crippen molar-refractivity contribution in [3.8, 4) is 0 Å². The minimum atomic E-state index is 0.598. The Hall–Kier alpha value is -1.52. The van der Waals surface area contributed by atoms with Gasteiger partial charge in [0.05, 0.1) is 5.69 Å². The van der Waals surface area contributed by atoms with Gasteiger partial charge in [-0.2, -0.15) is 0 Å². The lowest BCUT2D eigenvalue weighted by Crippen LogP contribution is -2.47. The maximum atomic E-state index is 4.80. The number of nitrogens with zero attached hydrogens (tertiary/aromatic N) is 3. The lowest BCUT2D eigenvalue weighted by molar-refractivity contribution is 0.150. The van der Waals surface area contributed by atoms with Crippen LogP contribution in [0.2, 0.25) is 0 Å². The Kier molecular flexibility index (Phi) is 5.81. The summed E-state index contributed by atoms with van der Waals surface area (Å²) in [6, 6.07) is 0.598. The Morgan fingerprint density at radius 3 is 2.88 bits per heavy atom. The minimum Gasteiger partial charge on any atom is -0.356 e. The number of hydrogen-bond donors (Lipinski definition) is 2. The molecule has 0 amide bonds. The van der Waals surface area contributed by atoms with E-state index in [2.05, 4.69) is 26.4 Å². The van der Waals surface area contributed by atoms with Crippen molar-refractivity contribution in [2.45, 2.75) is 83.2 Å². The van der Waals surface area contributed by atoms with Gasteiger partial charge in [-0.3, -0.25) is 4.99 Å². The summed E-state index contributed by atoms with van der Waals surface area (Å²) in [5.41, 5.74) is 1.22. The molecule has 0 bridgehead atoms. The van der Waals surface area contributed by atoms with Crippen LogP contribution in [0, 0.1) is 11.8 Å². The number of aliphatic imine (C=N–C) groups is 1. The third-order valence-electron chi connectivity index (χ3n) is 6.74. The van der Waals surface area contributed by atoms with E-state index in [1.165, 1.54) is 69.3 Å². The quantitative estimate of drug-likeness (QED) is 0.642. The molecule has 0 saturated heterocycles. The molecule has 2 N–H and O–H groups in total. The van der Waals surface area contributed by atoms with E-state index in [0.717, 1.165) is 43.7 Å². The van der Waals surface area contributed by atoms with Gasteiger partial charge in [-0.25, -0.2) is 4.98 Å². The SMILES string of the molecule is CN=C(NCCc1cn2c(n1)CCCC2)NC1CCC2CCCCC2C1. The summed E-state index contributed by atoms with van der Waals surface area (Å²) in [5, 5.41) is 7.19. The Balaban J connectivity index is 1.23. The molecule has 2 aliphatic carbocycles. The van der Waals surface area contributed by atoms with E-state index >= 15 is 0 Å². The first-order valence-corrected chi connectivity index (χ1v) is 10.8. The molecule has 26 heavy (non-hydrogen) atoms. The molecule has 144 valence electrons. The number of rotatable bonds is 4. The van der Waals surface area contributed by atoms with Gasteiger partial charge in [-0.1, -0.05) is 25.7 Å². The lowest BCUT2D eigenvalue weighted by atomic mass is 9.69. The van der Waals surface area contributed by atoms with Crippen LogP contribution in [0.3, 0.4) is 0 Å². The number of aromatic nitrogens is 2. The summed E-state index contributed by atoms with van der Waals surface area (Å²) in [4.78, 5) is 9.25. The van der Waals surface area contributed by atoms with E-state index in [0.29, 0.717) is 6.04 Å². The zero-order chi connectivity index (χ0) is 17.8. The second-order valence-corrected chi connectivity index (χ2v) is 8.51. The third-order valence-corrected chi connectivity index (χ3v) is 6.74. The fourth-order valence-corrected chi connectivity index (χ4v) is 5.29. The van der Waals surface area contributed by atoms with Crippen LogP contribution >= 0.6 is 0 Å². The van der Waals surface area contributed by atoms with Crippen LogP contribution in [-0.2, 0) is 19.4 Å². The van der Waals surface area contributed by atoms with Crippen LogP contribution in [0.15, 0.2) is 11.2 Å². The van der Waals surface area contributed by atoms with Crippen LogP contribution in [0.25, 0.3) is 0 Å². The maximum Gasteiger partial charge on any atom is 0.191 e. The van der Waals surface area contributed by atoms with E-state index < -0.39 is 0 Å². The van der Waals surface area contributed by atoms with Crippen molar-refractivity contribution in [1.29, 1.82) is 0 Å². The lowest BCUT2D eigenvalue weighted by Gasteiger charge is -2.39. The van der Waals surface area contributed by atoms with Crippen molar-refractivity contribution >= 4 is 5.96 Å². The van der Waals surface area contributed by atoms with Gasteiger partial charge in [0.15, 0.2) is 5.96 Å². The number of aryl methyl sites for hydroxylation is 2. The normalized spacial score (nSPS) is 29.0. The maximum absolute atomic E-state index is 4.80. The topological polar surface area (TPSA) is 54.2 Å². The largest absolute Gasteiger partial charge is 0.356 e. The predicted octanol–water partition coefficient (Wildman–Crippen LogP) is 3.29. The van der Waals surface area contributed by atoms with Gasteiger partial charge >= 0.3 is 0 Å². The minimum absolute atomic E-state index is 0.598. The number of guanidine groups is 1. The molecule has 1 aromatic heterocycles. The van der Waals surface area contributed by atoms with Crippen molar-refractivity contribution in [3.63, 3.8) is 0 Å². The van der Waals surface area contributed by atoms with Crippen molar-refractivity contribution in [3.05, 3.63) is 17.7 Å². The van der Waals surface area contributed by atoms with E-state index in [1.54, 1.807) is 0 Å². The van der Waals surface area contributed by atoms with E-state index in [1.807, 2.05) is 7.05 Å². The van der Waals surface area contributed by atoms with Gasteiger partial charge in [0, 0.05) is 45.2 Å². The van der Waals surface area contributed by atoms with Crippen molar-refractivity contribution in [2.24, 2.45) is 16.8 Å². The van der Waals surface area contributed by atoms with Crippen molar-refractivity contribution < 1.29 is 0 Å². The fraction of sp³-hybridized carbons (Fsp3) is 0.810. The molecule has 3 aliphatic rings. The molecule has 2 heterocycles. The highest BCUT2D eigenvalue weighted by Crippen LogP contribution is 2.40. The van der Waals surface area contributed by atoms with Gasteiger partial charge in [0.25, 0.3) is 0 Å². The van der Waals surface area contributed by atoms with E-state index in [9.17, 15) is 0 Å². The first kappa shape index (κ1) is 17.9. The molecule has 2 fully saturated rings. The van der Waals surface area contributed by atoms with Gasteiger partial charge in [-0.15, -0.1) is 0 Å². The molecule has 0 radical (unpaired) electrons. The average Bonchev–Trinajstić information content (AvgIpc) is 3.10. The van der Waals surface area contributed by atoms with Gasteiger partial charge < -0.3 is 15.2 Å². The Bertz CT molecular complexity index is 596. The highest BCUT2D eigenvalue weighted by molar-refractivity contribution is 5.79. The van der Waals surface area contributed by atoms with Crippen molar-refractivity contribution in [2.75, 3.05) is 13.6 Å². The number of hydrogen-bond acceptors (Lipinski definition) is 2. The van der Waals surface area contributed by atoms with Crippen LogP contribution in [0.5, 0.6) is 0 Å². The summed E-state index contributed by atoms with van der Waals surface area (Å²) in [5.74, 6) is 4.19. The Morgan fingerprint density at radius 1 is 1.15 bits per heavy atom. The summed E-state index contributed by atoms with van der Waals surface area (Å²) in [6.45, 7) is 2.04. The molecule has 5 heteroatoms. The average molecular weight is 358 g/mol. The van der Waals surface area contributed by atoms with Crippen LogP contribution in [-0.4, -0.2) is 35.1 Å². The first-order valence-electron chi connectivity index (χ1n) is 10.8. The highest BCUT2D eigenvalue weighted by atomic mass is 15.2. The predicted molar refractivity (Wildman–Crippen MR) is 106 cm³/mol. The Labute approximate surface area is 158 Å². The van der Waals surface area contributed by atoms with Crippen LogP contribution < -0.4 is 10.6 Å². The van der Waals surface area contributed by atoms with Gasteiger partial charge in [0.2, 0.25) is 0 Å². The number of imidazole rings is 1. The zero-order valence-electron chi connectivity index (χ0n) is 16.3. The number of nitrogens with one attached hydrogen (secondary N) is 2. The molecule has 3 atom stereocenters. The standard InChI is InChI=1S/C21H35N5/c1-22-21(25-18-10-9-16-6-2-3-7-17(16)14-18)23-12-11-19-15-26-13-5-4-8-20(26)24-19/h15-18H,2-14H2,1H3,(H2,22,23,25). The molecule has 0 aromatic carbocycles. The van der Waals surface area contributed by atoms with Crippen LogP contribution in [0.1, 0.15) is 69.3 Å². The summed E-state index contributed by atoms with van der Waals surface area (Å²) in [6.07, 6.45) is 16.8. The van der Waals surface area contributed by atoms with Gasteiger partial charge in [0.1, 0.15) is 5.82 Å². The molecule has 4 rings (SSSR count). The monoisotopic (exact) mass is 357 g/mol. The highest BCUT2D eigenvalue weighted by Gasteiger charge is 2.32. The smallest absolute Gasteiger partial charge is 0.191 e. The molecule has 1 aromatic rings. The van der Waals surface area contributed by atoms with E-state index in [4.69, 9.17) is 4.98 Å². The summed E-state index contributed by atoms with van der Waals surface area (Å²) in [7, 11) is 1.89. The second-order valence-electron chi connectivity index (χ2n) is 8.51. The fourth-order valence-electron chi connectivity index (χ4n) is 5.29. The summed E-state index contributed by atoms with van der Waals surface area (Å²) < 4.78 is 2.34.